The largest absolute Gasteiger partial charge is 0.374 e. The molecule has 2 heterocycles. The predicted molar refractivity (Wildman–Crippen MR) is 90.9 cm³/mol. The van der Waals surface area contributed by atoms with Crippen LogP contribution in [0.1, 0.15) is 33.6 Å². The first-order valence-corrected chi connectivity index (χ1v) is 8.26. The molecule has 0 spiro atoms. The number of aliphatic hydroxyl groups excluding tert-OH is 2. The lowest BCUT2D eigenvalue weighted by atomic mass is 9.99. The van der Waals surface area contributed by atoms with E-state index in [-0.39, 0.29) is 0 Å². The van der Waals surface area contributed by atoms with Crippen molar-refractivity contribution < 1.29 is 19.8 Å². The monoisotopic (exact) mass is 338 g/mol. The molecule has 2 aromatic rings. The molecule has 3 unspecified atom stereocenters. The Kier molecular flexibility index (Phi) is 3.78. The van der Waals surface area contributed by atoms with Crippen LogP contribution in [0.15, 0.2) is 54.6 Å². The zero-order valence-electron chi connectivity index (χ0n) is 13.4. The SMILES string of the molecule is O=C1c2ccccc2C(=O)N1C1CCC(O)N(c2ccccc2)C1O. The average molecular weight is 338 g/mol. The third kappa shape index (κ3) is 2.42. The minimum atomic E-state index is -1.17. The van der Waals surface area contributed by atoms with Crippen LogP contribution in [-0.4, -0.2) is 45.4 Å². The maximum atomic E-state index is 12.7. The minimum absolute atomic E-state index is 0.344. The fourth-order valence-corrected chi connectivity index (χ4v) is 3.67. The maximum absolute atomic E-state index is 12.7. The highest BCUT2D eigenvalue weighted by Gasteiger charge is 2.46. The Morgan fingerprint density at radius 2 is 1.36 bits per heavy atom. The normalized spacial score (nSPS) is 26.1. The number of para-hydroxylation sites is 1. The molecule has 0 saturated carbocycles. The van der Waals surface area contributed by atoms with Gasteiger partial charge in [-0.2, -0.15) is 0 Å². The zero-order chi connectivity index (χ0) is 17.6. The van der Waals surface area contributed by atoms with Crippen LogP contribution >= 0.6 is 0 Å². The fourth-order valence-electron chi connectivity index (χ4n) is 3.67. The van der Waals surface area contributed by atoms with Gasteiger partial charge >= 0.3 is 0 Å². The molecule has 3 atom stereocenters. The highest BCUT2D eigenvalue weighted by atomic mass is 16.3. The number of amides is 2. The molecular formula is C19H18N2O4. The van der Waals surface area contributed by atoms with Gasteiger partial charge in [0.1, 0.15) is 12.5 Å². The van der Waals surface area contributed by atoms with Gasteiger partial charge in [-0.05, 0) is 37.1 Å². The summed E-state index contributed by atoms with van der Waals surface area (Å²) in [4.78, 5) is 28.0. The molecule has 2 aromatic carbocycles. The van der Waals surface area contributed by atoms with E-state index in [0.29, 0.717) is 29.7 Å². The second-order valence-corrected chi connectivity index (χ2v) is 6.31. The van der Waals surface area contributed by atoms with E-state index in [2.05, 4.69) is 0 Å². The van der Waals surface area contributed by atoms with Gasteiger partial charge in [-0.1, -0.05) is 30.3 Å². The van der Waals surface area contributed by atoms with Gasteiger partial charge in [-0.3, -0.25) is 14.5 Å². The van der Waals surface area contributed by atoms with E-state index >= 15 is 0 Å². The van der Waals surface area contributed by atoms with E-state index < -0.39 is 30.3 Å². The number of carbonyl (C=O) groups is 2. The van der Waals surface area contributed by atoms with E-state index in [1.165, 1.54) is 4.90 Å². The molecule has 2 amide bonds. The Labute approximate surface area is 144 Å². The van der Waals surface area contributed by atoms with E-state index in [4.69, 9.17) is 0 Å². The zero-order valence-corrected chi connectivity index (χ0v) is 13.4. The molecule has 0 aromatic heterocycles. The van der Waals surface area contributed by atoms with Gasteiger partial charge in [0.2, 0.25) is 0 Å². The third-order valence-corrected chi connectivity index (χ3v) is 4.88. The molecule has 1 saturated heterocycles. The fraction of sp³-hybridized carbons (Fsp3) is 0.263. The molecule has 2 aliphatic heterocycles. The second kappa shape index (κ2) is 5.98. The number of carbonyl (C=O) groups excluding carboxylic acids is 2. The first-order valence-electron chi connectivity index (χ1n) is 8.26. The van der Waals surface area contributed by atoms with Crippen molar-refractivity contribution in [1.82, 2.24) is 4.90 Å². The molecule has 0 bridgehead atoms. The number of benzene rings is 2. The quantitative estimate of drug-likeness (QED) is 0.813. The van der Waals surface area contributed by atoms with Crippen molar-refractivity contribution in [3.8, 4) is 0 Å². The first kappa shape index (κ1) is 15.8. The topological polar surface area (TPSA) is 81.1 Å². The van der Waals surface area contributed by atoms with E-state index in [0.717, 1.165) is 4.90 Å². The number of fused-ring (bicyclic) bond motifs is 1. The Bertz CT molecular complexity index is 788. The molecule has 0 aliphatic carbocycles. The van der Waals surface area contributed by atoms with Gasteiger partial charge < -0.3 is 15.1 Å². The van der Waals surface area contributed by atoms with Gasteiger partial charge in [0, 0.05) is 5.69 Å². The first-order chi connectivity index (χ1) is 12.1. The second-order valence-electron chi connectivity index (χ2n) is 6.31. The number of imide groups is 1. The summed E-state index contributed by atoms with van der Waals surface area (Å²) in [7, 11) is 0. The van der Waals surface area contributed by atoms with Gasteiger partial charge in [0.25, 0.3) is 11.8 Å². The molecular weight excluding hydrogens is 320 g/mol. The number of anilines is 1. The summed E-state index contributed by atoms with van der Waals surface area (Å²) in [5, 5.41) is 21.2. The maximum Gasteiger partial charge on any atom is 0.261 e. The summed E-state index contributed by atoms with van der Waals surface area (Å²) < 4.78 is 0. The Morgan fingerprint density at radius 3 is 1.96 bits per heavy atom. The molecule has 4 rings (SSSR count). The Hall–Kier alpha value is -2.70. The standard InChI is InChI=1S/C19H18N2O4/c22-16-11-10-15(19(25)20(16)12-6-2-1-3-7-12)21-17(23)13-8-4-5-9-14(13)18(21)24/h1-9,15-16,19,22,25H,10-11H2. The number of nitrogens with zero attached hydrogens (tertiary/aromatic N) is 2. The smallest absolute Gasteiger partial charge is 0.261 e. The van der Waals surface area contributed by atoms with Gasteiger partial charge in [-0.15, -0.1) is 0 Å². The average Bonchev–Trinajstić information content (AvgIpc) is 2.88. The van der Waals surface area contributed by atoms with Crippen LogP contribution in [0.5, 0.6) is 0 Å². The molecule has 6 nitrogen and oxygen atoms in total. The highest BCUT2D eigenvalue weighted by molar-refractivity contribution is 6.21. The Balaban J connectivity index is 1.68. The van der Waals surface area contributed by atoms with Crippen LogP contribution in [0, 0.1) is 0 Å². The Morgan fingerprint density at radius 1 is 0.800 bits per heavy atom. The van der Waals surface area contributed by atoms with Crippen molar-refractivity contribution in [1.29, 1.82) is 0 Å². The molecule has 2 N–H and O–H groups in total. The van der Waals surface area contributed by atoms with E-state index in [1.807, 2.05) is 6.07 Å². The van der Waals surface area contributed by atoms with Crippen molar-refractivity contribution in [2.24, 2.45) is 0 Å². The summed E-state index contributed by atoms with van der Waals surface area (Å²) in [6, 6.07) is 15.0. The summed E-state index contributed by atoms with van der Waals surface area (Å²) >= 11 is 0. The summed E-state index contributed by atoms with van der Waals surface area (Å²) in [5.41, 5.74) is 1.36. The van der Waals surface area contributed by atoms with Crippen LogP contribution in [0.3, 0.4) is 0 Å². The van der Waals surface area contributed by atoms with Crippen LogP contribution in [0.2, 0.25) is 0 Å². The van der Waals surface area contributed by atoms with Gasteiger partial charge in [-0.25, -0.2) is 0 Å². The van der Waals surface area contributed by atoms with Crippen molar-refractivity contribution in [3.05, 3.63) is 65.7 Å². The van der Waals surface area contributed by atoms with Gasteiger partial charge in [0.15, 0.2) is 0 Å². The minimum Gasteiger partial charge on any atom is -0.374 e. The summed E-state index contributed by atoms with van der Waals surface area (Å²) in [6.07, 6.45) is -1.35. The number of piperidine rings is 1. The predicted octanol–water partition coefficient (Wildman–Crippen LogP) is 1.59. The lowest BCUT2D eigenvalue weighted by molar-refractivity contribution is -0.0124. The van der Waals surface area contributed by atoms with Gasteiger partial charge in [0.05, 0.1) is 17.2 Å². The molecule has 6 heteroatoms. The van der Waals surface area contributed by atoms with Crippen LogP contribution in [0.4, 0.5) is 5.69 Å². The number of hydrogen-bond acceptors (Lipinski definition) is 5. The van der Waals surface area contributed by atoms with E-state index in [9.17, 15) is 19.8 Å². The number of hydrogen-bond donors (Lipinski definition) is 2. The third-order valence-electron chi connectivity index (χ3n) is 4.88. The van der Waals surface area contributed by atoms with Crippen LogP contribution in [-0.2, 0) is 0 Å². The van der Waals surface area contributed by atoms with Crippen molar-refractivity contribution in [3.63, 3.8) is 0 Å². The number of aliphatic hydroxyl groups is 2. The number of rotatable bonds is 2. The van der Waals surface area contributed by atoms with E-state index in [1.54, 1.807) is 48.5 Å². The van der Waals surface area contributed by atoms with Crippen molar-refractivity contribution in [2.45, 2.75) is 31.3 Å². The van der Waals surface area contributed by atoms with Crippen LogP contribution in [0.25, 0.3) is 0 Å². The van der Waals surface area contributed by atoms with Crippen molar-refractivity contribution >= 4 is 17.5 Å². The summed E-state index contributed by atoms with van der Waals surface area (Å²) in [6.45, 7) is 0. The lowest BCUT2D eigenvalue weighted by Crippen LogP contribution is -2.60. The van der Waals surface area contributed by atoms with Crippen LogP contribution < -0.4 is 4.90 Å². The molecule has 1 fully saturated rings. The lowest BCUT2D eigenvalue weighted by Gasteiger charge is -2.45. The molecule has 0 radical (unpaired) electrons. The van der Waals surface area contributed by atoms with Crippen molar-refractivity contribution in [2.75, 3.05) is 4.90 Å². The molecule has 25 heavy (non-hydrogen) atoms. The highest BCUT2D eigenvalue weighted by Crippen LogP contribution is 2.34. The molecule has 2 aliphatic rings. The molecule has 128 valence electrons. The summed E-state index contributed by atoms with van der Waals surface area (Å²) in [5.74, 6) is -0.789.